The number of aliphatic carboxylic acids is 1. The Bertz CT molecular complexity index is 633. The Balaban J connectivity index is 2.12. The molecular weight excluding hydrogens is 299 g/mol. The quantitative estimate of drug-likeness (QED) is 0.880. The van der Waals surface area contributed by atoms with Gasteiger partial charge in [0.2, 0.25) is 0 Å². The summed E-state index contributed by atoms with van der Waals surface area (Å²) < 4.78 is 37.6. The van der Waals surface area contributed by atoms with E-state index < -0.39 is 38.9 Å². The van der Waals surface area contributed by atoms with Gasteiger partial charge in [-0.2, -0.15) is 0 Å². The molecule has 0 aromatic heterocycles. The maximum Gasteiger partial charge on any atom is 0.306 e. The lowest BCUT2D eigenvalue weighted by Crippen LogP contribution is -2.42. The zero-order chi connectivity index (χ0) is 15.7. The van der Waals surface area contributed by atoms with E-state index in [0.29, 0.717) is 0 Å². The van der Waals surface area contributed by atoms with E-state index in [2.05, 4.69) is 0 Å². The van der Waals surface area contributed by atoms with Crippen LogP contribution in [0.2, 0.25) is 0 Å². The van der Waals surface area contributed by atoms with E-state index in [1.165, 1.54) is 12.1 Å². The fourth-order valence-corrected chi connectivity index (χ4v) is 4.38. The Labute approximate surface area is 122 Å². The molecular formula is C14H17FO5S. The van der Waals surface area contributed by atoms with Crippen molar-refractivity contribution in [3.05, 3.63) is 30.1 Å². The van der Waals surface area contributed by atoms with E-state index >= 15 is 0 Å². The molecule has 1 saturated carbocycles. The minimum Gasteiger partial charge on any atom is -0.481 e. The van der Waals surface area contributed by atoms with Gasteiger partial charge >= 0.3 is 5.97 Å². The molecule has 0 bridgehead atoms. The number of hydrogen-bond acceptors (Lipinski definition) is 4. The lowest BCUT2D eigenvalue weighted by Gasteiger charge is -2.34. The van der Waals surface area contributed by atoms with E-state index in [4.69, 9.17) is 5.11 Å². The Morgan fingerprint density at radius 3 is 2.48 bits per heavy atom. The first-order valence-corrected chi connectivity index (χ1v) is 8.31. The van der Waals surface area contributed by atoms with Crippen LogP contribution >= 0.6 is 0 Å². The zero-order valence-corrected chi connectivity index (χ0v) is 12.1. The van der Waals surface area contributed by atoms with Gasteiger partial charge in [0, 0.05) is 0 Å². The Morgan fingerprint density at radius 2 is 1.95 bits per heavy atom. The molecule has 0 unspecified atom stereocenters. The molecule has 2 N–H and O–H groups in total. The molecule has 1 aliphatic carbocycles. The third kappa shape index (κ3) is 3.79. The zero-order valence-electron chi connectivity index (χ0n) is 11.3. The van der Waals surface area contributed by atoms with Crippen molar-refractivity contribution in [2.24, 2.45) is 5.92 Å². The van der Waals surface area contributed by atoms with Crippen molar-refractivity contribution in [1.82, 2.24) is 0 Å². The number of benzene rings is 1. The third-order valence-electron chi connectivity index (χ3n) is 3.88. The molecule has 2 rings (SSSR count). The van der Waals surface area contributed by atoms with Gasteiger partial charge in [0.15, 0.2) is 9.84 Å². The number of aliphatic hydroxyl groups is 1. The summed E-state index contributed by atoms with van der Waals surface area (Å²) in [5.74, 6) is -2.64. The fourth-order valence-electron chi connectivity index (χ4n) is 2.64. The van der Waals surface area contributed by atoms with E-state index in [9.17, 15) is 22.7 Å². The van der Waals surface area contributed by atoms with Crippen LogP contribution in [0.5, 0.6) is 0 Å². The number of carboxylic acids is 1. The van der Waals surface area contributed by atoms with Crippen LogP contribution in [0.1, 0.15) is 25.7 Å². The summed E-state index contributed by atoms with van der Waals surface area (Å²) in [4.78, 5) is 10.7. The smallest absolute Gasteiger partial charge is 0.306 e. The molecule has 0 heterocycles. The van der Waals surface area contributed by atoms with Crippen molar-refractivity contribution in [2.45, 2.75) is 36.2 Å². The summed E-state index contributed by atoms with van der Waals surface area (Å²) in [6.45, 7) is 0. The summed E-state index contributed by atoms with van der Waals surface area (Å²) in [6, 6.07) is 4.64. The minimum absolute atomic E-state index is 0.110. The van der Waals surface area contributed by atoms with Crippen molar-refractivity contribution in [3.63, 3.8) is 0 Å². The molecule has 0 atom stereocenters. The molecule has 1 aliphatic rings. The number of carboxylic acid groups (broad SMARTS) is 1. The number of hydrogen-bond donors (Lipinski definition) is 2. The number of rotatable bonds is 4. The van der Waals surface area contributed by atoms with Gasteiger partial charge in [-0.1, -0.05) is 6.07 Å². The standard InChI is InChI=1S/C14H17FO5S/c15-11-2-1-3-12(8-11)21(19,20)9-14(18)6-4-10(5-7-14)13(16)17/h1-3,8,10,18H,4-7,9H2,(H,16,17). The first-order chi connectivity index (χ1) is 9.72. The second-order valence-electron chi connectivity index (χ2n) is 5.55. The number of sulfone groups is 1. The lowest BCUT2D eigenvalue weighted by molar-refractivity contribution is -0.144. The molecule has 1 aromatic carbocycles. The van der Waals surface area contributed by atoms with Gasteiger partial charge in [0.25, 0.3) is 0 Å². The van der Waals surface area contributed by atoms with Crippen molar-refractivity contribution in [2.75, 3.05) is 5.75 Å². The molecule has 7 heteroatoms. The molecule has 1 aromatic rings. The number of carbonyl (C=O) groups is 1. The van der Waals surface area contributed by atoms with Gasteiger partial charge in [0.1, 0.15) is 5.82 Å². The fraction of sp³-hybridized carbons (Fsp3) is 0.500. The van der Waals surface area contributed by atoms with Crippen LogP contribution in [0.15, 0.2) is 29.2 Å². The van der Waals surface area contributed by atoms with E-state index in [-0.39, 0.29) is 30.6 Å². The lowest BCUT2D eigenvalue weighted by atomic mass is 9.80. The van der Waals surface area contributed by atoms with Crippen LogP contribution in [0.3, 0.4) is 0 Å². The topological polar surface area (TPSA) is 91.7 Å². The minimum atomic E-state index is -3.82. The summed E-state index contributed by atoms with van der Waals surface area (Å²) >= 11 is 0. The molecule has 0 saturated heterocycles. The van der Waals surface area contributed by atoms with Crippen LogP contribution in [0, 0.1) is 11.7 Å². The highest BCUT2D eigenvalue weighted by Gasteiger charge is 2.39. The van der Waals surface area contributed by atoms with Gasteiger partial charge in [-0.25, -0.2) is 12.8 Å². The monoisotopic (exact) mass is 316 g/mol. The Morgan fingerprint density at radius 1 is 1.33 bits per heavy atom. The molecule has 0 aliphatic heterocycles. The Kier molecular flexibility index (Phi) is 4.34. The van der Waals surface area contributed by atoms with Crippen LogP contribution in [-0.4, -0.2) is 36.0 Å². The summed E-state index contributed by atoms with van der Waals surface area (Å²) in [7, 11) is -3.82. The molecule has 0 radical (unpaired) electrons. The highest BCUT2D eigenvalue weighted by molar-refractivity contribution is 7.91. The average Bonchev–Trinajstić information content (AvgIpc) is 2.38. The van der Waals surface area contributed by atoms with Gasteiger partial charge in [-0.3, -0.25) is 4.79 Å². The number of halogens is 1. The Hall–Kier alpha value is -1.47. The van der Waals surface area contributed by atoms with Gasteiger partial charge < -0.3 is 10.2 Å². The first kappa shape index (κ1) is 15.9. The maximum absolute atomic E-state index is 13.1. The van der Waals surface area contributed by atoms with Gasteiger partial charge in [-0.05, 0) is 43.9 Å². The van der Waals surface area contributed by atoms with E-state index in [1.807, 2.05) is 0 Å². The molecule has 1 fully saturated rings. The summed E-state index contributed by atoms with van der Waals surface area (Å²) in [5, 5.41) is 19.3. The van der Waals surface area contributed by atoms with Crippen molar-refractivity contribution in [1.29, 1.82) is 0 Å². The normalized spacial score (nSPS) is 26.5. The van der Waals surface area contributed by atoms with Crippen molar-refractivity contribution < 1.29 is 27.8 Å². The predicted octanol–water partition coefficient (Wildman–Crippen LogP) is 1.61. The van der Waals surface area contributed by atoms with Gasteiger partial charge in [0.05, 0.1) is 22.2 Å². The van der Waals surface area contributed by atoms with Gasteiger partial charge in [-0.15, -0.1) is 0 Å². The highest BCUT2D eigenvalue weighted by atomic mass is 32.2. The van der Waals surface area contributed by atoms with Crippen LogP contribution < -0.4 is 0 Å². The van der Waals surface area contributed by atoms with E-state index in [1.54, 1.807) is 0 Å². The average molecular weight is 316 g/mol. The predicted molar refractivity (Wildman–Crippen MR) is 73.0 cm³/mol. The molecule has 21 heavy (non-hydrogen) atoms. The summed E-state index contributed by atoms with van der Waals surface area (Å²) in [6.07, 6.45) is 0.700. The maximum atomic E-state index is 13.1. The molecule has 116 valence electrons. The van der Waals surface area contributed by atoms with Crippen LogP contribution in [-0.2, 0) is 14.6 Å². The summed E-state index contributed by atoms with van der Waals surface area (Å²) in [5.41, 5.74) is -1.45. The largest absolute Gasteiger partial charge is 0.481 e. The van der Waals surface area contributed by atoms with Crippen molar-refractivity contribution >= 4 is 15.8 Å². The highest BCUT2D eigenvalue weighted by Crippen LogP contribution is 2.34. The van der Waals surface area contributed by atoms with Crippen LogP contribution in [0.25, 0.3) is 0 Å². The van der Waals surface area contributed by atoms with Crippen molar-refractivity contribution in [3.8, 4) is 0 Å². The second kappa shape index (κ2) is 5.73. The van der Waals surface area contributed by atoms with E-state index in [0.717, 1.165) is 12.1 Å². The first-order valence-electron chi connectivity index (χ1n) is 6.65. The van der Waals surface area contributed by atoms with Crippen LogP contribution in [0.4, 0.5) is 4.39 Å². The molecule has 0 amide bonds. The molecule has 5 nitrogen and oxygen atoms in total. The second-order valence-corrected chi connectivity index (χ2v) is 7.54. The SMILES string of the molecule is O=C(O)C1CCC(O)(CS(=O)(=O)c2cccc(F)c2)CC1. The third-order valence-corrected chi connectivity index (χ3v) is 5.77. The molecule has 0 spiro atoms.